The van der Waals surface area contributed by atoms with Crippen LogP contribution in [0.3, 0.4) is 0 Å². The number of pyridine rings is 1. The molecule has 0 saturated heterocycles. The molecule has 0 amide bonds. The summed E-state index contributed by atoms with van der Waals surface area (Å²) in [6.07, 6.45) is -3.27. The molecule has 2 heterocycles. The number of benzene rings is 1. The van der Waals surface area contributed by atoms with Crippen LogP contribution in [0.1, 0.15) is 36.9 Å². The number of amidine groups is 1. The molecule has 2 aromatic heterocycles. The number of aromatic nitrogens is 2. The van der Waals surface area contributed by atoms with Crippen LogP contribution >= 0.6 is 11.3 Å². The van der Waals surface area contributed by atoms with Gasteiger partial charge < -0.3 is 21.0 Å². The number of hydrogen-bond acceptors (Lipinski definition) is 7. The van der Waals surface area contributed by atoms with Gasteiger partial charge in [-0.25, -0.2) is 9.97 Å². The van der Waals surface area contributed by atoms with Gasteiger partial charge in [0, 0.05) is 11.8 Å². The third-order valence-corrected chi connectivity index (χ3v) is 5.14. The van der Waals surface area contributed by atoms with E-state index in [0.717, 1.165) is 5.56 Å². The Morgan fingerprint density at radius 1 is 1.16 bits per heavy atom. The second-order valence-electron chi connectivity index (χ2n) is 7.51. The Morgan fingerprint density at radius 2 is 1.87 bits per heavy atom. The highest BCUT2D eigenvalue weighted by Gasteiger charge is 2.39. The molecule has 0 fully saturated rings. The Hall–Kier alpha value is -3.34. The normalized spacial score (nSPS) is 12.6. The van der Waals surface area contributed by atoms with Crippen LogP contribution in [0.25, 0.3) is 0 Å². The molecule has 3 rings (SSSR count). The number of hydrogen-bond donors (Lipinski definition) is 3. The first-order valence-corrected chi connectivity index (χ1v) is 9.87. The van der Waals surface area contributed by atoms with Gasteiger partial charge in [0.15, 0.2) is 16.7 Å². The lowest BCUT2D eigenvalue weighted by Crippen LogP contribution is -2.18. The van der Waals surface area contributed by atoms with E-state index in [1.807, 2.05) is 39.0 Å². The van der Waals surface area contributed by atoms with Gasteiger partial charge in [0.25, 0.3) is 0 Å². The molecule has 0 aliphatic carbocycles. The Bertz CT molecular complexity index is 1110. The largest absolute Gasteiger partial charge is 0.437 e. The van der Waals surface area contributed by atoms with E-state index in [4.69, 9.17) is 15.7 Å². The van der Waals surface area contributed by atoms with Crippen molar-refractivity contribution in [3.8, 4) is 11.6 Å². The lowest BCUT2D eigenvalue weighted by Gasteiger charge is -2.22. The monoisotopic (exact) mass is 451 g/mol. The minimum Gasteiger partial charge on any atom is -0.437 e. The fraction of sp³-hybridized carbons (Fsp3) is 0.250. The zero-order chi connectivity index (χ0) is 22.8. The molecule has 7 nitrogen and oxygen atoms in total. The smallest absolute Gasteiger partial charge is 0.435 e. The molecule has 3 aromatic rings. The van der Waals surface area contributed by atoms with E-state index in [2.05, 4.69) is 20.4 Å². The van der Waals surface area contributed by atoms with E-state index in [-0.39, 0.29) is 16.4 Å². The number of anilines is 2. The summed E-state index contributed by atoms with van der Waals surface area (Å²) in [5, 5.41) is 14.1. The minimum absolute atomic E-state index is 0.115. The van der Waals surface area contributed by atoms with E-state index in [1.54, 1.807) is 18.2 Å². The van der Waals surface area contributed by atoms with Crippen LogP contribution in [0.15, 0.2) is 47.8 Å². The molecule has 0 unspecified atom stereocenters. The van der Waals surface area contributed by atoms with Gasteiger partial charge in [-0.05, 0) is 23.6 Å². The molecule has 164 valence electrons. The predicted molar refractivity (Wildman–Crippen MR) is 112 cm³/mol. The van der Waals surface area contributed by atoms with Crippen molar-refractivity contribution in [3.63, 3.8) is 0 Å². The second-order valence-corrected chi connectivity index (χ2v) is 8.51. The first-order chi connectivity index (χ1) is 14.5. The zero-order valence-electron chi connectivity index (χ0n) is 16.9. The van der Waals surface area contributed by atoms with Crippen LogP contribution < -0.4 is 15.8 Å². The van der Waals surface area contributed by atoms with Gasteiger partial charge in [0.1, 0.15) is 16.3 Å². The van der Waals surface area contributed by atoms with Crippen LogP contribution in [0.2, 0.25) is 0 Å². The molecule has 0 radical (unpaired) electrons. The zero-order valence-corrected chi connectivity index (χ0v) is 17.7. The average Bonchev–Trinajstić information content (AvgIpc) is 3.13. The summed E-state index contributed by atoms with van der Waals surface area (Å²) in [5.74, 6) is 0.0529. The van der Waals surface area contributed by atoms with Crippen LogP contribution in [-0.2, 0) is 11.6 Å². The van der Waals surface area contributed by atoms with Crippen molar-refractivity contribution >= 4 is 28.0 Å². The van der Waals surface area contributed by atoms with Gasteiger partial charge in [-0.1, -0.05) is 55.5 Å². The number of halogens is 3. The third-order valence-electron chi connectivity index (χ3n) is 4.15. The standard InChI is InChI=1S/C20H20F3N5O2S/c1-19(2,3)11-7-4-5-9-13(11)30-17-12(8-6-10-25-17)26-18-27-15(20(21,22)23)14(31-18)16(24)28-29/h4-10,29H,1-3H3,(H2,24,28)(H,26,27). The molecule has 0 saturated carbocycles. The molecular formula is C20H20F3N5O2S. The summed E-state index contributed by atoms with van der Waals surface area (Å²) in [4.78, 5) is 7.28. The fourth-order valence-electron chi connectivity index (χ4n) is 2.75. The molecular weight excluding hydrogens is 431 g/mol. The third kappa shape index (κ3) is 5.05. The fourth-order valence-corrected chi connectivity index (χ4v) is 3.64. The highest BCUT2D eigenvalue weighted by Crippen LogP contribution is 2.39. The highest BCUT2D eigenvalue weighted by molar-refractivity contribution is 7.17. The van der Waals surface area contributed by atoms with Gasteiger partial charge in [-0.15, -0.1) is 0 Å². The van der Waals surface area contributed by atoms with Crippen molar-refractivity contribution in [1.82, 2.24) is 9.97 Å². The molecule has 0 aliphatic heterocycles. The molecule has 0 atom stereocenters. The number of nitrogens with two attached hydrogens (primary N) is 1. The molecule has 0 bridgehead atoms. The van der Waals surface area contributed by atoms with Gasteiger partial charge in [0.05, 0.1) is 0 Å². The van der Waals surface area contributed by atoms with E-state index in [1.165, 1.54) is 6.20 Å². The lowest BCUT2D eigenvalue weighted by atomic mass is 9.86. The van der Waals surface area contributed by atoms with E-state index < -0.39 is 22.6 Å². The number of nitrogens with zero attached hydrogens (tertiary/aromatic N) is 3. The van der Waals surface area contributed by atoms with Crippen LogP contribution in [-0.4, -0.2) is 21.0 Å². The SMILES string of the molecule is CC(C)(C)c1ccccc1Oc1ncccc1Nc1nc(C(F)(F)F)c(/C(N)=N\O)s1. The maximum Gasteiger partial charge on any atom is 0.435 e. The number of nitrogens with one attached hydrogen (secondary N) is 1. The van der Waals surface area contributed by atoms with Crippen molar-refractivity contribution < 1.29 is 23.1 Å². The van der Waals surface area contributed by atoms with Crippen molar-refractivity contribution in [3.05, 3.63) is 58.7 Å². The maximum atomic E-state index is 13.3. The average molecular weight is 451 g/mol. The number of oxime groups is 1. The van der Waals surface area contributed by atoms with E-state index in [9.17, 15) is 13.2 Å². The van der Waals surface area contributed by atoms with Gasteiger partial charge >= 0.3 is 6.18 Å². The van der Waals surface area contributed by atoms with Crippen LogP contribution in [0.4, 0.5) is 24.0 Å². The van der Waals surface area contributed by atoms with Crippen molar-refractivity contribution in [2.75, 3.05) is 5.32 Å². The molecule has 31 heavy (non-hydrogen) atoms. The van der Waals surface area contributed by atoms with Gasteiger partial charge in [0.2, 0.25) is 5.88 Å². The summed E-state index contributed by atoms with van der Waals surface area (Å²) < 4.78 is 45.9. The molecule has 0 aliphatic rings. The number of rotatable bonds is 5. The molecule has 4 N–H and O–H groups in total. The molecule has 1 aromatic carbocycles. The molecule has 11 heteroatoms. The number of para-hydroxylation sites is 1. The summed E-state index contributed by atoms with van der Waals surface area (Å²) in [6, 6.07) is 10.6. The van der Waals surface area contributed by atoms with E-state index >= 15 is 0 Å². The molecule has 0 spiro atoms. The Kier molecular flexibility index (Phi) is 6.07. The summed E-state index contributed by atoms with van der Waals surface area (Å²) >= 11 is 0.595. The topological polar surface area (TPSA) is 106 Å². The summed E-state index contributed by atoms with van der Waals surface area (Å²) in [6.45, 7) is 6.11. The van der Waals surface area contributed by atoms with E-state index in [0.29, 0.717) is 22.8 Å². The maximum absolute atomic E-state index is 13.3. The first kappa shape index (κ1) is 22.3. The van der Waals surface area contributed by atoms with Crippen LogP contribution in [0.5, 0.6) is 11.6 Å². The predicted octanol–water partition coefficient (Wildman–Crippen LogP) is 5.48. The first-order valence-electron chi connectivity index (χ1n) is 9.06. The second kappa shape index (κ2) is 8.42. The van der Waals surface area contributed by atoms with Gasteiger partial charge in [-0.3, -0.25) is 0 Å². The van der Waals surface area contributed by atoms with Crippen molar-refractivity contribution in [2.24, 2.45) is 10.9 Å². The highest BCUT2D eigenvalue weighted by atomic mass is 32.1. The van der Waals surface area contributed by atoms with Crippen molar-refractivity contribution in [1.29, 1.82) is 0 Å². The van der Waals surface area contributed by atoms with Crippen LogP contribution in [0, 0.1) is 0 Å². The quantitative estimate of drug-likeness (QED) is 0.205. The van der Waals surface area contributed by atoms with Gasteiger partial charge in [-0.2, -0.15) is 13.2 Å². The minimum atomic E-state index is -4.78. The summed E-state index contributed by atoms with van der Waals surface area (Å²) in [7, 11) is 0. The Balaban J connectivity index is 1.97. The number of alkyl halides is 3. The van der Waals surface area contributed by atoms with Crippen molar-refractivity contribution in [2.45, 2.75) is 32.4 Å². The number of ether oxygens (including phenoxy) is 1. The Morgan fingerprint density at radius 3 is 2.52 bits per heavy atom. The lowest BCUT2D eigenvalue weighted by molar-refractivity contribution is -0.140. The summed E-state index contributed by atoms with van der Waals surface area (Å²) in [5.41, 5.74) is 5.19. The Labute approximate surface area is 180 Å². The number of thiazole rings is 1.